The van der Waals surface area contributed by atoms with Crippen LogP contribution >= 0.6 is 0 Å². The van der Waals surface area contributed by atoms with Crippen LogP contribution in [0.5, 0.6) is 0 Å². The van der Waals surface area contributed by atoms with E-state index in [-0.39, 0.29) is 5.91 Å². The molecule has 2 atom stereocenters. The van der Waals surface area contributed by atoms with Crippen LogP contribution in [-0.4, -0.2) is 18.5 Å². The van der Waals surface area contributed by atoms with Crippen molar-refractivity contribution in [3.8, 4) is 0 Å². The van der Waals surface area contributed by atoms with Crippen LogP contribution in [0.3, 0.4) is 0 Å². The Balaban J connectivity index is 2.38. The molecular weight excluding hydrogens is 224 g/mol. The predicted molar refractivity (Wildman–Crippen MR) is 76.7 cm³/mol. The van der Waals surface area contributed by atoms with Crippen LogP contribution in [0.4, 0.5) is 5.69 Å². The first-order valence-corrected chi connectivity index (χ1v) is 6.62. The number of carbonyl (C=O) groups is 1. The lowest BCUT2D eigenvalue weighted by Gasteiger charge is -2.19. The minimum atomic E-state index is 0.00996. The van der Waals surface area contributed by atoms with Crippen LogP contribution < -0.4 is 10.6 Å². The Kier molecular flexibility index (Phi) is 5.86. The molecule has 1 aromatic carbocycles. The topological polar surface area (TPSA) is 41.1 Å². The van der Waals surface area contributed by atoms with Gasteiger partial charge in [-0.15, -0.1) is 0 Å². The lowest BCUT2D eigenvalue weighted by Crippen LogP contribution is -2.37. The van der Waals surface area contributed by atoms with Gasteiger partial charge in [-0.1, -0.05) is 32.4 Å². The molecule has 3 nitrogen and oxygen atoms in total. The van der Waals surface area contributed by atoms with Gasteiger partial charge in [-0.3, -0.25) is 4.79 Å². The van der Waals surface area contributed by atoms with E-state index in [4.69, 9.17) is 0 Å². The normalized spacial score (nSPS) is 14.0. The summed E-state index contributed by atoms with van der Waals surface area (Å²) in [5.74, 6) is 0.590. The zero-order valence-corrected chi connectivity index (χ0v) is 11.8. The number of carbonyl (C=O) groups excluding carboxylic acids is 1. The highest BCUT2D eigenvalue weighted by Gasteiger charge is 2.11. The Labute approximate surface area is 110 Å². The summed E-state index contributed by atoms with van der Waals surface area (Å²) in [6, 6.07) is 8.19. The molecule has 0 aliphatic rings. The molecule has 100 valence electrons. The number of aryl methyl sites for hydroxylation is 1. The zero-order valence-electron chi connectivity index (χ0n) is 11.8. The van der Waals surface area contributed by atoms with Crippen LogP contribution in [0.25, 0.3) is 0 Å². The van der Waals surface area contributed by atoms with Crippen molar-refractivity contribution in [2.45, 2.75) is 40.2 Å². The van der Waals surface area contributed by atoms with Crippen LogP contribution in [0, 0.1) is 12.8 Å². The third kappa shape index (κ3) is 4.88. The van der Waals surface area contributed by atoms with Crippen molar-refractivity contribution in [3.05, 3.63) is 29.8 Å². The molecule has 1 rings (SSSR count). The summed E-state index contributed by atoms with van der Waals surface area (Å²) in [6.45, 7) is 8.85. The molecule has 2 unspecified atom stereocenters. The molecule has 0 spiro atoms. The number of hydrogen-bond donors (Lipinski definition) is 2. The van der Waals surface area contributed by atoms with Gasteiger partial charge in [-0.2, -0.15) is 0 Å². The molecule has 3 heteroatoms. The summed E-state index contributed by atoms with van der Waals surface area (Å²) in [4.78, 5) is 11.8. The SMILES string of the molecule is CCC(C)C(C)NCC(=O)Nc1cccc(C)c1. The third-order valence-electron chi connectivity index (χ3n) is 3.38. The number of hydrogen-bond acceptors (Lipinski definition) is 2. The maximum Gasteiger partial charge on any atom is 0.238 e. The monoisotopic (exact) mass is 248 g/mol. The van der Waals surface area contributed by atoms with E-state index in [0.717, 1.165) is 17.7 Å². The van der Waals surface area contributed by atoms with Crippen molar-refractivity contribution >= 4 is 11.6 Å². The van der Waals surface area contributed by atoms with Gasteiger partial charge in [0.1, 0.15) is 0 Å². The molecule has 0 aromatic heterocycles. The molecule has 0 radical (unpaired) electrons. The maximum atomic E-state index is 11.8. The quantitative estimate of drug-likeness (QED) is 0.812. The first-order chi connectivity index (χ1) is 8.52. The standard InChI is InChI=1S/C15H24N2O/c1-5-12(3)13(4)16-10-15(18)17-14-8-6-7-11(2)9-14/h6-9,12-13,16H,5,10H2,1-4H3,(H,17,18). The molecule has 0 heterocycles. The summed E-state index contributed by atoms with van der Waals surface area (Å²) in [5.41, 5.74) is 2.01. The maximum absolute atomic E-state index is 11.8. The minimum absolute atomic E-state index is 0.00996. The summed E-state index contributed by atoms with van der Waals surface area (Å²) < 4.78 is 0. The first-order valence-electron chi connectivity index (χ1n) is 6.62. The van der Waals surface area contributed by atoms with Crippen LogP contribution in [-0.2, 0) is 4.79 Å². The average Bonchev–Trinajstić information content (AvgIpc) is 2.35. The summed E-state index contributed by atoms with van der Waals surface area (Å²) in [6.07, 6.45) is 1.12. The fraction of sp³-hybridized carbons (Fsp3) is 0.533. The van der Waals surface area contributed by atoms with E-state index >= 15 is 0 Å². The molecule has 0 saturated carbocycles. The van der Waals surface area contributed by atoms with Gasteiger partial charge in [0.2, 0.25) is 5.91 Å². The molecular formula is C15H24N2O. The van der Waals surface area contributed by atoms with Gasteiger partial charge in [-0.25, -0.2) is 0 Å². The van der Waals surface area contributed by atoms with Gasteiger partial charge >= 0.3 is 0 Å². The van der Waals surface area contributed by atoms with Gasteiger partial charge in [0, 0.05) is 11.7 Å². The highest BCUT2D eigenvalue weighted by atomic mass is 16.1. The van der Waals surface area contributed by atoms with E-state index in [1.54, 1.807) is 0 Å². The van der Waals surface area contributed by atoms with E-state index in [2.05, 4.69) is 31.4 Å². The highest BCUT2D eigenvalue weighted by Crippen LogP contribution is 2.09. The Morgan fingerprint density at radius 2 is 2.06 bits per heavy atom. The van der Waals surface area contributed by atoms with Gasteiger partial charge in [0.15, 0.2) is 0 Å². The Bertz CT molecular complexity index is 390. The molecule has 0 aliphatic heterocycles. The number of amides is 1. The predicted octanol–water partition coefficient (Wildman–Crippen LogP) is 2.96. The zero-order chi connectivity index (χ0) is 13.5. The lowest BCUT2D eigenvalue weighted by molar-refractivity contribution is -0.115. The van der Waals surface area contributed by atoms with Gasteiger partial charge in [0.05, 0.1) is 6.54 Å². The number of anilines is 1. The molecule has 1 aromatic rings. The fourth-order valence-corrected chi connectivity index (χ4v) is 1.74. The molecule has 0 fully saturated rings. The minimum Gasteiger partial charge on any atom is -0.325 e. The number of rotatable bonds is 6. The van der Waals surface area contributed by atoms with Crippen LogP contribution in [0.2, 0.25) is 0 Å². The van der Waals surface area contributed by atoms with Gasteiger partial charge < -0.3 is 10.6 Å². The fourth-order valence-electron chi connectivity index (χ4n) is 1.74. The smallest absolute Gasteiger partial charge is 0.238 e. The molecule has 18 heavy (non-hydrogen) atoms. The van der Waals surface area contributed by atoms with Crippen molar-refractivity contribution in [1.29, 1.82) is 0 Å². The summed E-state index contributed by atoms with van der Waals surface area (Å²) >= 11 is 0. The highest BCUT2D eigenvalue weighted by molar-refractivity contribution is 5.92. The van der Waals surface area contributed by atoms with Crippen molar-refractivity contribution in [1.82, 2.24) is 5.32 Å². The van der Waals surface area contributed by atoms with E-state index < -0.39 is 0 Å². The van der Waals surface area contributed by atoms with E-state index in [0.29, 0.717) is 18.5 Å². The van der Waals surface area contributed by atoms with Gasteiger partial charge in [0.25, 0.3) is 0 Å². The number of nitrogens with one attached hydrogen (secondary N) is 2. The molecule has 0 aliphatic carbocycles. The molecule has 0 saturated heterocycles. The van der Waals surface area contributed by atoms with Crippen molar-refractivity contribution in [3.63, 3.8) is 0 Å². The molecule has 2 N–H and O–H groups in total. The molecule has 0 bridgehead atoms. The van der Waals surface area contributed by atoms with Crippen molar-refractivity contribution in [2.24, 2.45) is 5.92 Å². The number of benzene rings is 1. The average molecular weight is 248 g/mol. The van der Waals surface area contributed by atoms with E-state index in [1.165, 1.54) is 0 Å². The lowest BCUT2D eigenvalue weighted by atomic mass is 10.0. The van der Waals surface area contributed by atoms with E-state index in [1.807, 2.05) is 31.2 Å². The first kappa shape index (κ1) is 14.7. The van der Waals surface area contributed by atoms with Crippen molar-refractivity contribution < 1.29 is 4.79 Å². The molecule has 1 amide bonds. The Hall–Kier alpha value is -1.35. The Morgan fingerprint density at radius 3 is 2.67 bits per heavy atom. The van der Waals surface area contributed by atoms with Crippen molar-refractivity contribution in [2.75, 3.05) is 11.9 Å². The second-order valence-electron chi connectivity index (χ2n) is 4.97. The summed E-state index contributed by atoms with van der Waals surface area (Å²) in [5, 5.41) is 6.15. The van der Waals surface area contributed by atoms with Crippen LogP contribution in [0.15, 0.2) is 24.3 Å². The third-order valence-corrected chi connectivity index (χ3v) is 3.38. The second kappa shape index (κ2) is 7.17. The summed E-state index contributed by atoms with van der Waals surface area (Å²) in [7, 11) is 0. The van der Waals surface area contributed by atoms with E-state index in [9.17, 15) is 4.79 Å². The second-order valence-corrected chi connectivity index (χ2v) is 4.97. The Morgan fingerprint density at radius 1 is 1.33 bits per heavy atom. The van der Waals surface area contributed by atoms with Gasteiger partial charge in [-0.05, 0) is 37.5 Å². The largest absolute Gasteiger partial charge is 0.325 e. The van der Waals surface area contributed by atoms with Crippen LogP contribution in [0.1, 0.15) is 32.8 Å².